The Balaban J connectivity index is 3.23. The zero-order valence-corrected chi connectivity index (χ0v) is 10.5. The lowest BCUT2D eigenvalue weighted by Crippen LogP contribution is -2.14. The fourth-order valence-electron chi connectivity index (χ4n) is 1.33. The summed E-state index contributed by atoms with van der Waals surface area (Å²) < 4.78 is 23.8. The molecule has 0 radical (unpaired) electrons. The van der Waals surface area contributed by atoms with Crippen LogP contribution in [-0.2, 0) is 14.6 Å². The van der Waals surface area contributed by atoms with Crippen molar-refractivity contribution >= 4 is 16.1 Å². The Morgan fingerprint density at radius 2 is 1.81 bits per heavy atom. The minimum Gasteiger partial charge on any atom is -0.303 e. The van der Waals surface area contributed by atoms with Gasteiger partial charge in [-0.25, -0.2) is 8.42 Å². The van der Waals surface area contributed by atoms with Crippen LogP contribution in [0.4, 0.5) is 0 Å². The number of hydrogen-bond donors (Lipinski definition) is 0. The Morgan fingerprint density at radius 3 is 2.31 bits per heavy atom. The molecule has 1 atom stereocenters. The van der Waals surface area contributed by atoms with E-state index < -0.39 is 15.1 Å². The van der Waals surface area contributed by atoms with Gasteiger partial charge in [-0.3, -0.25) is 0 Å². The summed E-state index contributed by atoms with van der Waals surface area (Å²) in [4.78, 5) is 10.9. The minimum absolute atomic E-state index is 0.276. The van der Waals surface area contributed by atoms with E-state index in [1.54, 1.807) is 45.0 Å². The average molecular weight is 240 g/mol. The molecule has 0 heterocycles. The van der Waals surface area contributed by atoms with Crippen molar-refractivity contribution in [3.8, 4) is 0 Å². The maximum atomic E-state index is 11.9. The average Bonchev–Trinajstić information content (AvgIpc) is 2.28. The molecule has 0 saturated carbocycles. The third-order valence-corrected chi connectivity index (χ3v) is 4.69. The van der Waals surface area contributed by atoms with Gasteiger partial charge in [0, 0.05) is 5.92 Å². The number of carbonyl (C=O) groups is 1. The maximum absolute atomic E-state index is 11.9. The number of hydrogen-bond acceptors (Lipinski definition) is 3. The summed E-state index contributed by atoms with van der Waals surface area (Å²) in [6.45, 7) is 5.03. The van der Waals surface area contributed by atoms with Gasteiger partial charge >= 0.3 is 0 Å². The van der Waals surface area contributed by atoms with Crippen molar-refractivity contribution < 1.29 is 13.2 Å². The monoisotopic (exact) mass is 240 g/mol. The molecule has 0 N–H and O–H groups in total. The highest BCUT2D eigenvalue weighted by atomic mass is 32.2. The lowest BCUT2D eigenvalue weighted by atomic mass is 10.0. The molecule has 1 aromatic carbocycles. The van der Waals surface area contributed by atoms with Crippen molar-refractivity contribution in [2.24, 2.45) is 0 Å². The first-order valence-electron chi connectivity index (χ1n) is 5.18. The van der Waals surface area contributed by atoms with Gasteiger partial charge in [0.05, 0.1) is 10.1 Å². The molecule has 0 aliphatic carbocycles. The molecule has 0 aromatic heterocycles. The van der Waals surface area contributed by atoms with Crippen LogP contribution in [0.2, 0.25) is 0 Å². The maximum Gasteiger partial charge on any atom is 0.180 e. The first kappa shape index (κ1) is 12.9. The second-order valence-corrected chi connectivity index (χ2v) is 6.60. The largest absolute Gasteiger partial charge is 0.303 e. The zero-order valence-electron chi connectivity index (χ0n) is 9.67. The highest BCUT2D eigenvalue weighted by Gasteiger charge is 2.19. The first-order valence-corrected chi connectivity index (χ1v) is 6.73. The summed E-state index contributed by atoms with van der Waals surface area (Å²) in [5, 5.41) is -0.450. The van der Waals surface area contributed by atoms with E-state index in [-0.39, 0.29) is 10.8 Å². The van der Waals surface area contributed by atoms with Gasteiger partial charge in [0.1, 0.15) is 6.29 Å². The Labute approximate surface area is 96.4 Å². The molecule has 4 heteroatoms. The molecular formula is C12H16O3S. The fraction of sp³-hybridized carbons (Fsp3) is 0.417. The highest BCUT2D eigenvalue weighted by Crippen LogP contribution is 2.20. The molecule has 0 spiro atoms. The molecule has 1 rings (SSSR count). The van der Waals surface area contributed by atoms with E-state index >= 15 is 0 Å². The van der Waals surface area contributed by atoms with Gasteiger partial charge in [0.15, 0.2) is 9.84 Å². The quantitative estimate of drug-likeness (QED) is 0.758. The predicted molar refractivity (Wildman–Crippen MR) is 63.2 cm³/mol. The lowest BCUT2D eigenvalue weighted by molar-refractivity contribution is -0.108. The van der Waals surface area contributed by atoms with Crippen LogP contribution < -0.4 is 0 Å². The van der Waals surface area contributed by atoms with E-state index in [0.717, 1.165) is 11.8 Å². The standard InChI is InChI=1S/C12H16O3S/c1-9(2)16(14,15)12-6-4-5-11(7-12)10(3)8-13/h4-10H,1-3H3. The second-order valence-electron chi connectivity index (χ2n) is 4.09. The van der Waals surface area contributed by atoms with Gasteiger partial charge in [0.2, 0.25) is 0 Å². The van der Waals surface area contributed by atoms with Gasteiger partial charge in [-0.2, -0.15) is 0 Å². The molecule has 0 saturated heterocycles. The Kier molecular flexibility index (Phi) is 3.86. The van der Waals surface area contributed by atoms with Crippen molar-refractivity contribution in [2.75, 3.05) is 0 Å². The van der Waals surface area contributed by atoms with Crippen LogP contribution in [0.25, 0.3) is 0 Å². The minimum atomic E-state index is -3.26. The van der Waals surface area contributed by atoms with E-state index in [4.69, 9.17) is 0 Å². The van der Waals surface area contributed by atoms with Crippen LogP contribution in [0.15, 0.2) is 29.2 Å². The summed E-state index contributed by atoms with van der Waals surface area (Å²) in [5.74, 6) is -0.276. The Bertz CT molecular complexity index is 475. The lowest BCUT2D eigenvalue weighted by Gasteiger charge is -2.10. The number of aldehydes is 1. The van der Waals surface area contributed by atoms with Gasteiger partial charge in [-0.05, 0) is 31.5 Å². The van der Waals surface area contributed by atoms with Crippen molar-refractivity contribution in [3.63, 3.8) is 0 Å². The van der Waals surface area contributed by atoms with E-state index in [9.17, 15) is 13.2 Å². The van der Waals surface area contributed by atoms with Gasteiger partial charge in [-0.15, -0.1) is 0 Å². The molecule has 0 aliphatic rings. The van der Waals surface area contributed by atoms with Crippen LogP contribution in [-0.4, -0.2) is 20.0 Å². The van der Waals surface area contributed by atoms with E-state index in [0.29, 0.717) is 0 Å². The van der Waals surface area contributed by atoms with Crippen molar-refractivity contribution in [2.45, 2.75) is 36.8 Å². The highest BCUT2D eigenvalue weighted by molar-refractivity contribution is 7.92. The summed E-state index contributed by atoms with van der Waals surface area (Å²) in [5.41, 5.74) is 0.733. The molecular weight excluding hydrogens is 224 g/mol. The van der Waals surface area contributed by atoms with Crippen molar-refractivity contribution in [3.05, 3.63) is 29.8 Å². The topological polar surface area (TPSA) is 51.2 Å². The van der Waals surface area contributed by atoms with E-state index in [2.05, 4.69) is 0 Å². The predicted octanol–water partition coefficient (Wildman–Crippen LogP) is 2.17. The van der Waals surface area contributed by atoms with Gasteiger partial charge in [-0.1, -0.05) is 19.1 Å². The van der Waals surface area contributed by atoms with Crippen LogP contribution in [0.1, 0.15) is 32.3 Å². The van der Waals surface area contributed by atoms with Crippen LogP contribution in [0.5, 0.6) is 0 Å². The summed E-state index contributed by atoms with van der Waals surface area (Å²) >= 11 is 0. The molecule has 0 aliphatic heterocycles. The number of benzene rings is 1. The molecule has 1 unspecified atom stereocenters. The summed E-state index contributed by atoms with van der Waals surface area (Å²) in [7, 11) is -3.26. The molecule has 1 aromatic rings. The normalized spacial score (nSPS) is 13.8. The molecule has 88 valence electrons. The third-order valence-electron chi connectivity index (χ3n) is 2.54. The molecule has 0 amide bonds. The van der Waals surface area contributed by atoms with Crippen LogP contribution in [0.3, 0.4) is 0 Å². The van der Waals surface area contributed by atoms with Crippen molar-refractivity contribution in [1.29, 1.82) is 0 Å². The number of sulfone groups is 1. The first-order chi connectivity index (χ1) is 7.39. The van der Waals surface area contributed by atoms with Gasteiger partial charge < -0.3 is 4.79 Å². The molecule has 0 fully saturated rings. The second kappa shape index (κ2) is 4.78. The van der Waals surface area contributed by atoms with E-state index in [1.165, 1.54) is 0 Å². The third kappa shape index (κ3) is 2.50. The SMILES string of the molecule is CC(C=O)c1cccc(S(=O)(=O)C(C)C)c1. The molecule has 3 nitrogen and oxygen atoms in total. The fourth-order valence-corrected chi connectivity index (χ4v) is 2.44. The number of carbonyl (C=O) groups excluding carboxylic acids is 1. The molecule has 16 heavy (non-hydrogen) atoms. The Morgan fingerprint density at radius 1 is 1.19 bits per heavy atom. The summed E-state index contributed by atoms with van der Waals surface area (Å²) in [6, 6.07) is 6.58. The van der Waals surface area contributed by atoms with E-state index in [1.807, 2.05) is 0 Å². The van der Waals surface area contributed by atoms with Crippen LogP contribution >= 0.6 is 0 Å². The smallest absolute Gasteiger partial charge is 0.180 e. The zero-order chi connectivity index (χ0) is 12.3. The molecule has 0 bridgehead atoms. The summed E-state index contributed by atoms with van der Waals surface area (Å²) in [6.07, 6.45) is 0.807. The van der Waals surface area contributed by atoms with Crippen molar-refractivity contribution in [1.82, 2.24) is 0 Å². The van der Waals surface area contributed by atoms with Gasteiger partial charge in [0.25, 0.3) is 0 Å². The van der Waals surface area contributed by atoms with Crippen LogP contribution in [0, 0.1) is 0 Å². The Hall–Kier alpha value is -1.16. The number of rotatable bonds is 4.